The van der Waals surface area contributed by atoms with Crippen LogP contribution in [-0.2, 0) is 22.9 Å². The molecule has 1 N–H and O–H groups in total. The molecule has 3 rings (SSSR count). The largest absolute Gasteiger partial charge is 0.416 e. The number of benzene rings is 1. The summed E-state index contributed by atoms with van der Waals surface area (Å²) in [5, 5.41) is 9.58. The number of carbonyl (C=O) groups excluding carboxylic acids is 1. The molecule has 0 aliphatic carbocycles. The number of aryl methyl sites for hydroxylation is 1. The number of nitrogens with zero attached hydrogens (tertiary/aromatic N) is 3. The molecule has 9 heteroatoms. The molecule has 0 fully saturated rings. The van der Waals surface area contributed by atoms with E-state index in [-0.39, 0.29) is 17.9 Å². The van der Waals surface area contributed by atoms with Crippen molar-refractivity contribution in [1.29, 1.82) is 0 Å². The monoisotopic (exact) mass is 422 g/mol. The molecule has 0 aliphatic heterocycles. The van der Waals surface area contributed by atoms with Crippen LogP contribution in [0.4, 0.5) is 19.0 Å². The lowest BCUT2D eigenvalue weighted by Gasteiger charge is -2.22. The number of hydrogen-bond acceptors (Lipinski definition) is 4. The lowest BCUT2D eigenvalue weighted by Crippen LogP contribution is -2.27. The fourth-order valence-corrected chi connectivity index (χ4v) is 3.60. The summed E-state index contributed by atoms with van der Waals surface area (Å²) in [6.45, 7) is 7.83. The van der Waals surface area contributed by atoms with Crippen molar-refractivity contribution in [2.45, 2.75) is 45.8 Å². The van der Waals surface area contributed by atoms with Crippen LogP contribution in [0.1, 0.15) is 37.7 Å². The molecule has 0 bridgehead atoms. The Morgan fingerprint density at radius 2 is 1.83 bits per heavy atom. The van der Waals surface area contributed by atoms with Gasteiger partial charge in [0.25, 0.3) is 0 Å². The van der Waals surface area contributed by atoms with Crippen LogP contribution in [0.25, 0.3) is 10.6 Å². The van der Waals surface area contributed by atoms with Gasteiger partial charge in [-0.1, -0.05) is 12.1 Å². The third-order valence-electron chi connectivity index (χ3n) is 4.09. The summed E-state index contributed by atoms with van der Waals surface area (Å²) >= 11 is 1.29. The van der Waals surface area contributed by atoms with Crippen LogP contribution in [-0.4, -0.2) is 20.7 Å². The first-order chi connectivity index (χ1) is 13.4. The molecule has 0 unspecified atom stereocenters. The van der Waals surface area contributed by atoms with E-state index in [0.29, 0.717) is 22.1 Å². The molecular formula is C20H21F3N4OS. The van der Waals surface area contributed by atoms with Crippen molar-refractivity contribution in [3.8, 4) is 10.6 Å². The number of hydrogen-bond donors (Lipinski definition) is 1. The van der Waals surface area contributed by atoms with Crippen LogP contribution in [0.3, 0.4) is 0 Å². The van der Waals surface area contributed by atoms with Gasteiger partial charge < -0.3 is 5.32 Å². The Labute approximate surface area is 170 Å². The maximum atomic E-state index is 12.7. The lowest BCUT2D eigenvalue weighted by molar-refractivity contribution is -0.137. The van der Waals surface area contributed by atoms with Gasteiger partial charge in [0.15, 0.2) is 0 Å². The summed E-state index contributed by atoms with van der Waals surface area (Å²) in [4.78, 5) is 16.8. The van der Waals surface area contributed by atoms with Gasteiger partial charge in [-0.3, -0.25) is 4.79 Å². The highest BCUT2D eigenvalue weighted by molar-refractivity contribution is 7.13. The number of anilines is 1. The van der Waals surface area contributed by atoms with Crippen molar-refractivity contribution in [3.05, 3.63) is 52.7 Å². The molecule has 2 aromatic heterocycles. The molecule has 1 amide bonds. The predicted octanol–water partition coefficient (Wildman–Crippen LogP) is 5.27. The number of alkyl halides is 3. The van der Waals surface area contributed by atoms with Gasteiger partial charge in [-0.25, -0.2) is 9.67 Å². The van der Waals surface area contributed by atoms with Crippen LogP contribution in [0.2, 0.25) is 0 Å². The van der Waals surface area contributed by atoms with E-state index < -0.39 is 11.7 Å². The molecule has 3 aromatic rings. The van der Waals surface area contributed by atoms with Gasteiger partial charge in [0.2, 0.25) is 5.91 Å². The summed E-state index contributed by atoms with van der Waals surface area (Å²) in [5.74, 6) is 0.373. The zero-order valence-electron chi connectivity index (χ0n) is 16.5. The van der Waals surface area contributed by atoms with Gasteiger partial charge in [-0.15, -0.1) is 11.3 Å². The van der Waals surface area contributed by atoms with E-state index in [1.807, 2.05) is 27.7 Å². The summed E-state index contributed by atoms with van der Waals surface area (Å²) in [6.07, 6.45) is -4.31. The SMILES string of the molecule is Cc1cc(NC(=O)Cc2csc(-c3ccc(C(F)(F)F)cc3)n2)n(C(C)(C)C)n1. The van der Waals surface area contributed by atoms with Crippen molar-refractivity contribution in [1.82, 2.24) is 14.8 Å². The predicted molar refractivity (Wildman–Crippen MR) is 107 cm³/mol. The van der Waals surface area contributed by atoms with Gasteiger partial charge in [-0.05, 0) is 39.8 Å². The molecule has 1 aromatic carbocycles. The van der Waals surface area contributed by atoms with E-state index in [4.69, 9.17) is 0 Å². The zero-order chi connectivity index (χ0) is 21.4. The first kappa shape index (κ1) is 21.0. The normalized spacial score (nSPS) is 12.2. The second-order valence-electron chi connectivity index (χ2n) is 7.70. The van der Waals surface area contributed by atoms with Crippen molar-refractivity contribution in [3.63, 3.8) is 0 Å². The van der Waals surface area contributed by atoms with Gasteiger partial charge in [0.05, 0.1) is 28.9 Å². The molecule has 29 heavy (non-hydrogen) atoms. The number of rotatable bonds is 4. The molecular weight excluding hydrogens is 401 g/mol. The van der Waals surface area contributed by atoms with Crippen LogP contribution in [0, 0.1) is 6.92 Å². The molecule has 0 saturated heterocycles. The Bertz CT molecular complexity index is 1010. The first-order valence-electron chi connectivity index (χ1n) is 8.92. The molecule has 154 valence electrons. The minimum absolute atomic E-state index is 0.0610. The molecule has 0 aliphatic rings. The first-order valence-corrected chi connectivity index (χ1v) is 9.80. The highest BCUT2D eigenvalue weighted by atomic mass is 32.1. The highest BCUT2D eigenvalue weighted by Crippen LogP contribution is 2.32. The Morgan fingerprint density at radius 1 is 1.17 bits per heavy atom. The zero-order valence-corrected chi connectivity index (χ0v) is 17.3. The molecule has 0 saturated carbocycles. The van der Waals surface area contributed by atoms with Crippen LogP contribution >= 0.6 is 11.3 Å². The number of thiazole rings is 1. The van der Waals surface area contributed by atoms with E-state index in [2.05, 4.69) is 15.4 Å². The average molecular weight is 422 g/mol. The summed E-state index contributed by atoms with van der Waals surface area (Å²) < 4.78 is 39.8. The standard InChI is InChI=1S/C20H21F3N4OS/c1-12-9-16(27(26-12)19(2,3)4)25-17(28)10-15-11-29-18(24-15)13-5-7-14(8-6-13)20(21,22)23/h5-9,11H,10H2,1-4H3,(H,25,28). The van der Waals surface area contributed by atoms with E-state index >= 15 is 0 Å². The second kappa shape index (κ2) is 7.62. The smallest absolute Gasteiger partial charge is 0.311 e. The van der Waals surface area contributed by atoms with Crippen LogP contribution < -0.4 is 5.32 Å². The fraction of sp³-hybridized carbons (Fsp3) is 0.350. The molecule has 0 atom stereocenters. The van der Waals surface area contributed by atoms with Crippen molar-refractivity contribution in [2.24, 2.45) is 0 Å². The Morgan fingerprint density at radius 3 is 2.41 bits per heavy atom. The second-order valence-corrected chi connectivity index (χ2v) is 8.56. The van der Waals surface area contributed by atoms with Crippen molar-refractivity contribution >= 4 is 23.1 Å². The highest BCUT2D eigenvalue weighted by Gasteiger charge is 2.30. The van der Waals surface area contributed by atoms with E-state index in [1.165, 1.54) is 23.5 Å². The van der Waals surface area contributed by atoms with Gasteiger partial charge >= 0.3 is 6.18 Å². The third-order valence-corrected chi connectivity index (χ3v) is 5.03. The summed E-state index contributed by atoms with van der Waals surface area (Å²) in [7, 11) is 0. The average Bonchev–Trinajstić information content (AvgIpc) is 3.20. The van der Waals surface area contributed by atoms with Crippen molar-refractivity contribution in [2.75, 3.05) is 5.32 Å². The Hall–Kier alpha value is -2.68. The number of carbonyl (C=O) groups is 1. The molecule has 0 radical (unpaired) electrons. The van der Waals surface area contributed by atoms with Gasteiger partial charge in [0, 0.05) is 17.0 Å². The molecule has 2 heterocycles. The lowest BCUT2D eigenvalue weighted by atomic mass is 10.1. The summed E-state index contributed by atoms with van der Waals surface area (Å²) in [6, 6.07) is 6.63. The van der Waals surface area contributed by atoms with Crippen LogP contribution in [0.15, 0.2) is 35.7 Å². The summed E-state index contributed by atoms with van der Waals surface area (Å²) in [5.41, 5.74) is 0.946. The molecule has 0 spiro atoms. The van der Waals surface area contributed by atoms with Crippen molar-refractivity contribution < 1.29 is 18.0 Å². The van der Waals surface area contributed by atoms with E-state index in [0.717, 1.165) is 17.8 Å². The van der Waals surface area contributed by atoms with Gasteiger partial charge in [0.1, 0.15) is 10.8 Å². The molecule has 5 nitrogen and oxygen atoms in total. The Balaban J connectivity index is 1.70. The number of nitrogens with one attached hydrogen (secondary N) is 1. The maximum Gasteiger partial charge on any atom is 0.416 e. The minimum Gasteiger partial charge on any atom is -0.311 e. The van der Waals surface area contributed by atoms with Gasteiger partial charge in [-0.2, -0.15) is 18.3 Å². The number of amides is 1. The van der Waals surface area contributed by atoms with Crippen LogP contribution in [0.5, 0.6) is 0 Å². The van der Waals surface area contributed by atoms with E-state index in [9.17, 15) is 18.0 Å². The quantitative estimate of drug-likeness (QED) is 0.623. The third kappa shape index (κ3) is 5.03. The topological polar surface area (TPSA) is 59.8 Å². The maximum absolute atomic E-state index is 12.7. The minimum atomic E-state index is -4.37. The fourth-order valence-electron chi connectivity index (χ4n) is 2.77. The number of aromatic nitrogens is 3. The number of halogens is 3. The van der Waals surface area contributed by atoms with E-state index in [1.54, 1.807) is 16.1 Å². The Kier molecular flexibility index (Phi) is 5.53.